The summed E-state index contributed by atoms with van der Waals surface area (Å²) in [7, 11) is 0. The van der Waals surface area contributed by atoms with E-state index in [1.54, 1.807) is 0 Å². The quantitative estimate of drug-likeness (QED) is 0.194. The summed E-state index contributed by atoms with van der Waals surface area (Å²) in [5, 5.41) is 4.56. The average molecular weight is 628 g/mol. The smallest absolute Gasteiger partial charge is 0.152 e. The molecule has 2 heterocycles. The van der Waals surface area contributed by atoms with E-state index in [1.807, 2.05) is 24.3 Å². The topological polar surface area (TPSA) is 25.6 Å². The molecule has 0 unspecified atom stereocenters. The minimum atomic E-state index is 0.819. The molecule has 9 aromatic rings. The number of hydrogen-bond acceptors (Lipinski definition) is 3. The lowest BCUT2D eigenvalue weighted by atomic mass is 9.94. The number of rotatable bonds is 4. The fourth-order valence-electron chi connectivity index (χ4n) is 7.36. The van der Waals surface area contributed by atoms with Gasteiger partial charge in [-0.15, -0.1) is 0 Å². The minimum Gasteiger partial charge on any atom is -0.455 e. The molecule has 49 heavy (non-hydrogen) atoms. The molecule has 10 rings (SSSR count). The molecule has 0 amide bonds. The molecule has 3 heteroatoms. The second kappa shape index (κ2) is 11.0. The highest BCUT2D eigenvalue weighted by atomic mass is 16.5. The van der Waals surface area contributed by atoms with Crippen LogP contribution < -0.4 is 9.64 Å². The van der Waals surface area contributed by atoms with Crippen molar-refractivity contribution in [3.05, 3.63) is 176 Å². The van der Waals surface area contributed by atoms with Crippen LogP contribution in [0.5, 0.6) is 11.5 Å². The largest absolute Gasteiger partial charge is 0.455 e. The molecule has 0 aliphatic carbocycles. The monoisotopic (exact) mass is 627 g/mol. The molecule has 0 bridgehead atoms. The Bertz CT molecular complexity index is 2600. The summed E-state index contributed by atoms with van der Waals surface area (Å²) in [6.45, 7) is 0. The zero-order valence-corrected chi connectivity index (χ0v) is 26.5. The summed E-state index contributed by atoms with van der Waals surface area (Å²) in [5.41, 5.74) is 11.6. The lowest BCUT2D eigenvalue weighted by Gasteiger charge is -2.34. The summed E-state index contributed by atoms with van der Waals surface area (Å²) in [5.74, 6) is 1.64. The third kappa shape index (κ3) is 4.44. The number of fused-ring (bicyclic) bond motifs is 6. The Labute approximate surface area is 283 Å². The molecular weight excluding hydrogens is 599 g/mol. The Kier molecular flexibility index (Phi) is 6.18. The lowest BCUT2D eigenvalue weighted by molar-refractivity contribution is 0.477. The van der Waals surface area contributed by atoms with Crippen molar-refractivity contribution in [2.75, 3.05) is 4.90 Å². The van der Waals surface area contributed by atoms with Crippen molar-refractivity contribution in [3.8, 4) is 44.9 Å². The van der Waals surface area contributed by atoms with E-state index < -0.39 is 0 Å². The molecule has 1 aromatic heterocycles. The van der Waals surface area contributed by atoms with Gasteiger partial charge in [-0.2, -0.15) is 0 Å². The van der Waals surface area contributed by atoms with Gasteiger partial charge in [-0.1, -0.05) is 140 Å². The number of hydrogen-bond donors (Lipinski definition) is 0. The fraction of sp³-hybridized carbons (Fsp3) is 0. The van der Waals surface area contributed by atoms with Gasteiger partial charge in [0.05, 0.1) is 17.1 Å². The number of para-hydroxylation sites is 2. The van der Waals surface area contributed by atoms with Crippen molar-refractivity contribution in [1.29, 1.82) is 0 Å². The van der Waals surface area contributed by atoms with Crippen molar-refractivity contribution in [1.82, 2.24) is 0 Å². The Morgan fingerprint density at radius 2 is 0.898 bits per heavy atom. The summed E-state index contributed by atoms with van der Waals surface area (Å²) in [6, 6.07) is 61.9. The number of benzene rings is 8. The first-order valence-corrected chi connectivity index (χ1v) is 16.6. The van der Waals surface area contributed by atoms with E-state index in [0.717, 1.165) is 94.7 Å². The van der Waals surface area contributed by atoms with Crippen molar-refractivity contribution in [3.63, 3.8) is 0 Å². The standard InChI is InChI=1S/C46H29NO2/c1-3-12-30(13-4-1)32-22-25-41-44(28-32)48-45-29-33(31-14-5-2-6-15-31)23-26-42(45)47(41)40-27-24-35(34-16-7-8-17-36(34)40)38-19-11-20-39-37-18-9-10-21-43(37)49-46(38)39/h1-29H. The van der Waals surface area contributed by atoms with Crippen molar-refractivity contribution >= 4 is 49.8 Å². The third-order valence-electron chi connectivity index (χ3n) is 9.67. The highest BCUT2D eigenvalue weighted by Crippen LogP contribution is 2.54. The Hall–Kier alpha value is -6.58. The van der Waals surface area contributed by atoms with Gasteiger partial charge in [0.1, 0.15) is 11.2 Å². The van der Waals surface area contributed by atoms with Crippen LogP contribution in [0.4, 0.5) is 17.1 Å². The molecule has 0 spiro atoms. The predicted molar refractivity (Wildman–Crippen MR) is 202 cm³/mol. The Morgan fingerprint density at radius 1 is 0.347 bits per heavy atom. The SMILES string of the molecule is c1ccc(-c2ccc3c(c2)Oc2cc(-c4ccccc4)ccc2N3c2ccc(-c3cccc4c3oc3ccccc34)c3ccccc23)cc1. The molecule has 0 saturated heterocycles. The fourth-order valence-corrected chi connectivity index (χ4v) is 7.36. The first-order chi connectivity index (χ1) is 24.3. The summed E-state index contributed by atoms with van der Waals surface area (Å²) >= 11 is 0. The highest BCUT2D eigenvalue weighted by Gasteiger charge is 2.28. The van der Waals surface area contributed by atoms with Crippen LogP contribution in [0.3, 0.4) is 0 Å². The van der Waals surface area contributed by atoms with Gasteiger partial charge in [0.2, 0.25) is 0 Å². The van der Waals surface area contributed by atoms with Crippen molar-refractivity contribution < 1.29 is 9.15 Å². The maximum absolute atomic E-state index is 6.78. The lowest BCUT2D eigenvalue weighted by Crippen LogP contribution is -2.16. The van der Waals surface area contributed by atoms with E-state index in [1.165, 1.54) is 0 Å². The number of ether oxygens (including phenoxy) is 1. The predicted octanol–water partition coefficient (Wildman–Crippen LogP) is 13.3. The van der Waals surface area contributed by atoms with Crippen LogP contribution in [0, 0.1) is 0 Å². The third-order valence-corrected chi connectivity index (χ3v) is 9.67. The molecule has 3 nitrogen and oxygen atoms in total. The molecule has 8 aromatic carbocycles. The van der Waals surface area contributed by atoms with Crippen LogP contribution in [-0.4, -0.2) is 0 Å². The Balaban J connectivity index is 1.19. The molecule has 230 valence electrons. The van der Waals surface area contributed by atoms with Gasteiger partial charge in [0.15, 0.2) is 11.5 Å². The number of nitrogens with zero attached hydrogens (tertiary/aromatic N) is 1. The van der Waals surface area contributed by atoms with Gasteiger partial charge in [-0.3, -0.25) is 0 Å². The second-order valence-corrected chi connectivity index (χ2v) is 12.5. The molecule has 0 radical (unpaired) electrons. The molecule has 0 fully saturated rings. The zero-order chi connectivity index (χ0) is 32.3. The first kappa shape index (κ1) is 27.5. The van der Waals surface area contributed by atoms with E-state index >= 15 is 0 Å². The molecular formula is C46H29NO2. The Morgan fingerprint density at radius 3 is 1.57 bits per heavy atom. The second-order valence-electron chi connectivity index (χ2n) is 12.5. The van der Waals surface area contributed by atoms with Gasteiger partial charge >= 0.3 is 0 Å². The molecule has 1 aliphatic rings. The maximum Gasteiger partial charge on any atom is 0.152 e. The normalized spacial score (nSPS) is 12.2. The highest BCUT2D eigenvalue weighted by molar-refractivity contribution is 6.14. The zero-order valence-electron chi connectivity index (χ0n) is 26.5. The first-order valence-electron chi connectivity index (χ1n) is 16.6. The van der Waals surface area contributed by atoms with Crippen molar-refractivity contribution in [2.24, 2.45) is 0 Å². The van der Waals surface area contributed by atoms with Gasteiger partial charge < -0.3 is 14.1 Å². The summed E-state index contributed by atoms with van der Waals surface area (Å²) < 4.78 is 13.3. The minimum absolute atomic E-state index is 0.819. The van der Waals surface area contributed by atoms with Gasteiger partial charge in [0.25, 0.3) is 0 Å². The van der Waals surface area contributed by atoms with Crippen LogP contribution in [0.15, 0.2) is 180 Å². The molecule has 1 aliphatic heterocycles. The summed E-state index contributed by atoms with van der Waals surface area (Å²) in [4.78, 5) is 2.35. The van der Waals surface area contributed by atoms with Gasteiger partial charge in [-0.05, 0) is 69.6 Å². The summed E-state index contributed by atoms with van der Waals surface area (Å²) in [6.07, 6.45) is 0. The van der Waals surface area contributed by atoms with Crippen molar-refractivity contribution in [2.45, 2.75) is 0 Å². The molecule has 0 N–H and O–H groups in total. The van der Waals surface area contributed by atoms with Crippen LogP contribution in [0.1, 0.15) is 0 Å². The van der Waals surface area contributed by atoms with E-state index in [-0.39, 0.29) is 0 Å². The molecule has 0 saturated carbocycles. The van der Waals surface area contributed by atoms with E-state index in [2.05, 4.69) is 157 Å². The van der Waals surface area contributed by atoms with E-state index in [0.29, 0.717) is 0 Å². The van der Waals surface area contributed by atoms with Gasteiger partial charge in [0, 0.05) is 21.7 Å². The number of furan rings is 1. The molecule has 0 atom stereocenters. The van der Waals surface area contributed by atoms with E-state index in [4.69, 9.17) is 9.15 Å². The average Bonchev–Trinajstić information content (AvgIpc) is 3.56. The van der Waals surface area contributed by atoms with E-state index in [9.17, 15) is 0 Å². The van der Waals surface area contributed by atoms with Crippen LogP contribution >= 0.6 is 0 Å². The van der Waals surface area contributed by atoms with Crippen LogP contribution in [0.2, 0.25) is 0 Å². The van der Waals surface area contributed by atoms with Gasteiger partial charge in [-0.25, -0.2) is 0 Å². The van der Waals surface area contributed by atoms with Crippen LogP contribution in [-0.2, 0) is 0 Å². The number of anilines is 3. The van der Waals surface area contributed by atoms with Crippen LogP contribution in [0.25, 0.3) is 66.1 Å². The maximum atomic E-state index is 6.78.